The number of nitrogen functional groups attached to an aromatic ring is 1. The Bertz CT molecular complexity index is 491. The third kappa shape index (κ3) is 4.87. The van der Waals surface area contributed by atoms with Gasteiger partial charge in [0.05, 0.1) is 0 Å². The molecule has 0 saturated carbocycles. The van der Waals surface area contributed by atoms with Crippen molar-refractivity contribution in [2.75, 3.05) is 5.73 Å². The minimum atomic E-state index is -1.41. The highest BCUT2D eigenvalue weighted by atomic mass is 19.1. The summed E-state index contributed by atoms with van der Waals surface area (Å²) in [7, 11) is 0. The highest BCUT2D eigenvalue weighted by Gasteiger charge is 2.18. The molecule has 0 heterocycles. The van der Waals surface area contributed by atoms with E-state index in [0.29, 0.717) is 18.5 Å². The summed E-state index contributed by atoms with van der Waals surface area (Å²) in [6, 6.07) is 5.55. The molecule has 5 nitrogen and oxygen atoms in total. The Morgan fingerprint density at radius 2 is 2.20 bits per heavy atom. The number of alkyl halides is 1. The number of ketones is 1. The number of carboxylic acid groups (broad SMARTS) is 1. The highest BCUT2D eigenvalue weighted by Crippen LogP contribution is 2.23. The molecular formula is C14H19FN2O3. The smallest absolute Gasteiger partial charge is 0.406 e. The van der Waals surface area contributed by atoms with Gasteiger partial charge in [-0.2, -0.15) is 0 Å². The van der Waals surface area contributed by atoms with Gasteiger partial charge in [0.25, 0.3) is 0 Å². The summed E-state index contributed by atoms with van der Waals surface area (Å²) in [6.45, 7) is 1.79. The molecule has 0 aromatic heterocycles. The second-order valence-corrected chi connectivity index (χ2v) is 4.55. The summed E-state index contributed by atoms with van der Waals surface area (Å²) in [5.74, 6) is 0.229. The van der Waals surface area contributed by atoms with E-state index >= 15 is 0 Å². The van der Waals surface area contributed by atoms with E-state index in [1.165, 1.54) is 0 Å². The van der Waals surface area contributed by atoms with Crippen LogP contribution in [0.15, 0.2) is 18.2 Å². The molecule has 20 heavy (non-hydrogen) atoms. The van der Waals surface area contributed by atoms with Crippen LogP contribution in [0, 0.1) is 0 Å². The Balaban J connectivity index is 0.000000206. The fraction of sp³-hybridized carbons (Fsp3) is 0.429. The third-order valence-corrected chi connectivity index (χ3v) is 2.88. The van der Waals surface area contributed by atoms with E-state index in [4.69, 9.17) is 10.8 Å². The Morgan fingerprint density at radius 1 is 1.50 bits per heavy atom. The molecule has 4 N–H and O–H groups in total. The first kappa shape index (κ1) is 15.9. The van der Waals surface area contributed by atoms with E-state index in [-0.39, 0.29) is 12.2 Å². The number of hydrogen-bond donors (Lipinski definition) is 3. The minimum Gasteiger partial charge on any atom is -0.465 e. The number of benzene rings is 1. The van der Waals surface area contributed by atoms with Crippen molar-refractivity contribution >= 4 is 17.6 Å². The lowest BCUT2D eigenvalue weighted by Gasteiger charge is -2.03. The molecule has 2 rings (SSSR count). The molecule has 1 aromatic carbocycles. The number of carbonyl (C=O) groups excluding carboxylic acids is 1. The normalized spacial score (nSPS) is 14.0. The molecule has 0 saturated heterocycles. The van der Waals surface area contributed by atoms with Crippen molar-refractivity contribution < 1.29 is 19.1 Å². The van der Waals surface area contributed by atoms with E-state index in [0.717, 1.165) is 17.5 Å². The number of rotatable bonds is 3. The van der Waals surface area contributed by atoms with Crippen LogP contribution in [0.2, 0.25) is 0 Å². The lowest BCUT2D eigenvalue weighted by molar-refractivity contribution is 0.0994. The average Bonchev–Trinajstić information content (AvgIpc) is 2.71. The van der Waals surface area contributed by atoms with E-state index in [1.807, 2.05) is 12.1 Å². The van der Waals surface area contributed by atoms with Gasteiger partial charge in [-0.15, -0.1) is 0 Å². The van der Waals surface area contributed by atoms with Gasteiger partial charge < -0.3 is 10.8 Å². The molecule has 0 radical (unpaired) electrons. The molecule has 1 atom stereocenters. The van der Waals surface area contributed by atoms with Crippen molar-refractivity contribution in [1.29, 1.82) is 0 Å². The zero-order valence-electron chi connectivity index (χ0n) is 11.4. The predicted molar refractivity (Wildman–Crippen MR) is 74.5 cm³/mol. The maximum absolute atomic E-state index is 12.2. The van der Waals surface area contributed by atoms with Gasteiger partial charge in [0.2, 0.25) is 0 Å². The van der Waals surface area contributed by atoms with Crippen LogP contribution in [0.1, 0.15) is 42.1 Å². The first-order chi connectivity index (χ1) is 9.43. The lowest BCUT2D eigenvalue weighted by atomic mass is 10.1. The van der Waals surface area contributed by atoms with Crippen LogP contribution in [0.3, 0.4) is 0 Å². The van der Waals surface area contributed by atoms with E-state index < -0.39 is 12.4 Å². The molecule has 0 aliphatic heterocycles. The molecule has 0 bridgehead atoms. The van der Waals surface area contributed by atoms with Crippen molar-refractivity contribution in [2.45, 2.75) is 38.9 Å². The Morgan fingerprint density at radius 3 is 2.80 bits per heavy atom. The summed E-state index contributed by atoms with van der Waals surface area (Å²) in [5.41, 5.74) is 8.19. The van der Waals surface area contributed by atoms with Gasteiger partial charge in [0.15, 0.2) is 12.1 Å². The highest BCUT2D eigenvalue weighted by molar-refractivity contribution is 6.01. The van der Waals surface area contributed by atoms with Crippen molar-refractivity contribution in [3.8, 4) is 0 Å². The molecule has 110 valence electrons. The molecule has 6 heteroatoms. The van der Waals surface area contributed by atoms with E-state index in [1.54, 1.807) is 18.3 Å². The van der Waals surface area contributed by atoms with Gasteiger partial charge in [-0.25, -0.2) is 9.18 Å². The molecule has 0 fully saturated rings. The molecule has 1 aromatic rings. The Labute approximate surface area is 117 Å². The summed E-state index contributed by atoms with van der Waals surface area (Å²) in [4.78, 5) is 20.9. The predicted octanol–water partition coefficient (Wildman–Crippen LogP) is 2.75. The number of aryl methyl sites for hydroxylation is 1. The Kier molecular flexibility index (Phi) is 5.96. The fourth-order valence-corrected chi connectivity index (χ4v) is 1.91. The molecular weight excluding hydrogens is 263 g/mol. The van der Waals surface area contributed by atoms with Crippen LogP contribution in [-0.4, -0.2) is 23.3 Å². The maximum atomic E-state index is 12.2. The van der Waals surface area contributed by atoms with Gasteiger partial charge in [-0.05, 0) is 30.5 Å². The third-order valence-electron chi connectivity index (χ3n) is 2.88. The first-order valence-electron chi connectivity index (χ1n) is 6.49. The van der Waals surface area contributed by atoms with Crippen LogP contribution in [0.25, 0.3) is 0 Å². The zero-order valence-corrected chi connectivity index (χ0v) is 11.4. The number of nitrogens with one attached hydrogen (secondary N) is 1. The van der Waals surface area contributed by atoms with Crippen LogP contribution in [0.5, 0.6) is 0 Å². The van der Waals surface area contributed by atoms with Crippen molar-refractivity contribution in [3.05, 3.63) is 29.3 Å². The van der Waals surface area contributed by atoms with Crippen molar-refractivity contribution in [3.63, 3.8) is 0 Å². The fourth-order valence-electron chi connectivity index (χ4n) is 1.91. The zero-order chi connectivity index (χ0) is 15.1. The van der Waals surface area contributed by atoms with Gasteiger partial charge >= 0.3 is 6.09 Å². The lowest BCUT2D eigenvalue weighted by Crippen LogP contribution is -2.29. The van der Waals surface area contributed by atoms with Gasteiger partial charge in [0, 0.05) is 17.7 Å². The standard InChI is InChI=1S/C9H9NO.C5H10FNO2/c10-7-3-1-6-2-4-9(11)8(6)5-7;1-2-3-4(6)7-5(8)9/h1,3,5H,2,4,10H2;4,7H,2-3H2,1H3,(H,8,9). The summed E-state index contributed by atoms with van der Waals surface area (Å²) in [5, 5.41) is 9.65. The van der Waals surface area contributed by atoms with Gasteiger partial charge in [0.1, 0.15) is 0 Å². The number of hydrogen-bond acceptors (Lipinski definition) is 3. The molecule has 1 aliphatic carbocycles. The topological polar surface area (TPSA) is 92.4 Å². The van der Waals surface area contributed by atoms with Crippen LogP contribution in [0.4, 0.5) is 14.9 Å². The number of halogens is 1. The second-order valence-electron chi connectivity index (χ2n) is 4.55. The second kappa shape index (κ2) is 7.47. The monoisotopic (exact) mass is 282 g/mol. The number of amides is 1. The van der Waals surface area contributed by atoms with Gasteiger partial charge in [-0.3, -0.25) is 10.1 Å². The number of anilines is 1. The average molecular weight is 282 g/mol. The molecule has 1 amide bonds. The van der Waals surface area contributed by atoms with Crippen LogP contribution in [-0.2, 0) is 6.42 Å². The number of fused-ring (bicyclic) bond motifs is 1. The Hall–Kier alpha value is -2.11. The summed E-state index contributed by atoms with van der Waals surface area (Å²) in [6.07, 6.45) is -0.301. The van der Waals surface area contributed by atoms with Crippen LogP contribution >= 0.6 is 0 Å². The number of nitrogens with two attached hydrogens (primary N) is 1. The molecule has 1 unspecified atom stereocenters. The molecule has 0 spiro atoms. The first-order valence-corrected chi connectivity index (χ1v) is 6.49. The largest absolute Gasteiger partial charge is 0.465 e. The van der Waals surface area contributed by atoms with Crippen molar-refractivity contribution in [2.24, 2.45) is 0 Å². The number of carbonyl (C=O) groups is 2. The van der Waals surface area contributed by atoms with Crippen LogP contribution < -0.4 is 11.1 Å². The van der Waals surface area contributed by atoms with Crippen molar-refractivity contribution in [1.82, 2.24) is 5.32 Å². The number of Topliss-reactive ketones (excluding diaryl/α,β-unsaturated/α-hetero) is 1. The van der Waals surface area contributed by atoms with E-state index in [2.05, 4.69) is 0 Å². The summed E-state index contributed by atoms with van der Waals surface area (Å²) >= 11 is 0. The van der Waals surface area contributed by atoms with Gasteiger partial charge in [-0.1, -0.05) is 19.4 Å². The summed E-state index contributed by atoms with van der Waals surface area (Å²) < 4.78 is 12.2. The molecule has 1 aliphatic rings. The maximum Gasteiger partial charge on any atom is 0.406 e. The minimum absolute atomic E-state index is 0.229. The SMILES string of the molecule is CCCC(F)NC(=O)O.Nc1ccc2c(c1)C(=O)CC2. The quantitative estimate of drug-likeness (QED) is 0.587. The van der Waals surface area contributed by atoms with E-state index in [9.17, 15) is 14.0 Å².